The summed E-state index contributed by atoms with van der Waals surface area (Å²) in [7, 11) is 0. The van der Waals surface area contributed by atoms with Crippen LogP contribution in [-0.4, -0.2) is 5.60 Å². The van der Waals surface area contributed by atoms with Crippen LogP contribution in [0.25, 0.3) is 17.2 Å². The molecule has 1 heteroatoms. The largest absolute Gasteiger partial charge is 0.482 e. The third-order valence-electron chi connectivity index (χ3n) is 4.58. The molecule has 0 N–H and O–H groups in total. The van der Waals surface area contributed by atoms with E-state index in [9.17, 15) is 0 Å². The highest BCUT2D eigenvalue weighted by Gasteiger charge is 2.33. The molecular weight excluding hydrogens is 220 g/mol. The lowest BCUT2D eigenvalue weighted by Crippen LogP contribution is -2.25. The Morgan fingerprint density at radius 3 is 2.17 bits per heavy atom. The van der Waals surface area contributed by atoms with Gasteiger partial charge in [0.25, 0.3) is 0 Å². The van der Waals surface area contributed by atoms with Gasteiger partial charge in [0.2, 0.25) is 0 Å². The van der Waals surface area contributed by atoms with E-state index in [-0.39, 0.29) is 5.60 Å². The lowest BCUT2D eigenvalue weighted by molar-refractivity contribution is 0.182. The van der Waals surface area contributed by atoms with Gasteiger partial charge >= 0.3 is 0 Å². The second-order valence-corrected chi connectivity index (χ2v) is 6.00. The van der Waals surface area contributed by atoms with E-state index in [1.165, 1.54) is 38.3 Å². The zero-order valence-electron chi connectivity index (χ0n) is 12.1. The molecule has 0 atom stereocenters. The minimum atomic E-state index is -0.182. The van der Waals surface area contributed by atoms with Crippen LogP contribution in [0.4, 0.5) is 0 Å². The van der Waals surface area contributed by atoms with E-state index in [1.54, 1.807) is 0 Å². The van der Waals surface area contributed by atoms with Gasteiger partial charge in [-0.2, -0.15) is 0 Å². The minimum absolute atomic E-state index is 0.182. The predicted molar refractivity (Wildman–Crippen MR) is 77.1 cm³/mol. The van der Waals surface area contributed by atoms with Crippen LogP contribution in [0.5, 0.6) is 5.75 Å². The van der Waals surface area contributed by atoms with Gasteiger partial charge in [-0.05, 0) is 69.0 Å². The van der Waals surface area contributed by atoms with Crippen molar-refractivity contribution in [3.05, 3.63) is 33.2 Å². The number of hydrogen-bond donors (Lipinski definition) is 0. The molecule has 0 fully saturated rings. The second-order valence-electron chi connectivity index (χ2n) is 6.00. The molecule has 0 bridgehead atoms. The molecule has 0 saturated heterocycles. The molecule has 1 aliphatic heterocycles. The van der Waals surface area contributed by atoms with Crippen molar-refractivity contribution in [1.29, 1.82) is 0 Å². The molecule has 0 radical (unpaired) electrons. The average Bonchev–Trinajstić information content (AvgIpc) is 2.77. The standard InChI is InChI=1S/C17H20O/c1-9-7-8-13-14(9)10(2)11(3)15-12(4)17(5,6)18-16(13)15/h7-8H,1-6H3. The van der Waals surface area contributed by atoms with Crippen LogP contribution in [0.15, 0.2) is 6.08 Å². The molecule has 0 aromatic heterocycles. The summed E-state index contributed by atoms with van der Waals surface area (Å²) >= 11 is 0. The van der Waals surface area contributed by atoms with Crippen molar-refractivity contribution in [1.82, 2.24) is 0 Å². The summed E-state index contributed by atoms with van der Waals surface area (Å²) in [6.07, 6.45) is 4.39. The Bertz CT molecular complexity index is 715. The minimum Gasteiger partial charge on any atom is -0.482 e. The molecule has 0 amide bonds. The van der Waals surface area contributed by atoms with Crippen LogP contribution in [0.2, 0.25) is 0 Å². The molecule has 18 heavy (non-hydrogen) atoms. The Kier molecular flexibility index (Phi) is 2.11. The number of benzene rings is 1. The monoisotopic (exact) mass is 240 g/mol. The van der Waals surface area contributed by atoms with E-state index in [4.69, 9.17) is 4.74 Å². The highest BCUT2D eigenvalue weighted by atomic mass is 16.5. The zero-order chi connectivity index (χ0) is 13.2. The number of fused-ring (bicyclic) bond motifs is 3. The summed E-state index contributed by atoms with van der Waals surface area (Å²) in [5.41, 5.74) is 6.55. The van der Waals surface area contributed by atoms with E-state index in [0.717, 1.165) is 5.75 Å². The maximum atomic E-state index is 6.23. The third-order valence-corrected chi connectivity index (χ3v) is 4.58. The zero-order valence-corrected chi connectivity index (χ0v) is 12.1. The quantitative estimate of drug-likeness (QED) is 0.677. The smallest absolute Gasteiger partial charge is 0.136 e. The first-order chi connectivity index (χ1) is 8.34. The van der Waals surface area contributed by atoms with Crippen molar-refractivity contribution in [2.24, 2.45) is 0 Å². The van der Waals surface area contributed by atoms with Gasteiger partial charge in [-0.1, -0.05) is 12.2 Å². The van der Waals surface area contributed by atoms with E-state index in [1.807, 2.05) is 0 Å². The molecule has 0 unspecified atom stereocenters. The molecule has 1 aliphatic carbocycles. The fourth-order valence-electron chi connectivity index (χ4n) is 3.14. The van der Waals surface area contributed by atoms with Crippen LogP contribution < -0.4 is 15.2 Å². The highest BCUT2D eigenvalue weighted by molar-refractivity contribution is 5.81. The fourth-order valence-corrected chi connectivity index (χ4v) is 3.14. The topological polar surface area (TPSA) is 9.23 Å². The van der Waals surface area contributed by atoms with Crippen molar-refractivity contribution < 1.29 is 4.74 Å². The summed E-state index contributed by atoms with van der Waals surface area (Å²) in [6, 6.07) is 0. The summed E-state index contributed by atoms with van der Waals surface area (Å²) in [4.78, 5) is 0. The number of ether oxygens (including phenoxy) is 1. The fraction of sp³-hybridized carbons (Fsp3) is 0.412. The van der Waals surface area contributed by atoms with Gasteiger partial charge in [0.15, 0.2) is 0 Å². The van der Waals surface area contributed by atoms with Gasteiger partial charge < -0.3 is 4.74 Å². The molecule has 1 heterocycles. The molecule has 3 rings (SSSR count). The summed E-state index contributed by atoms with van der Waals surface area (Å²) in [5, 5.41) is 2.70. The Balaban J connectivity index is 2.56. The number of hydrogen-bond acceptors (Lipinski definition) is 1. The third kappa shape index (κ3) is 1.22. The van der Waals surface area contributed by atoms with Crippen LogP contribution >= 0.6 is 0 Å². The molecule has 1 aromatic carbocycles. The normalized spacial score (nSPS) is 19.0. The maximum absolute atomic E-state index is 6.23. The predicted octanol–water partition coefficient (Wildman–Crippen LogP) is 2.84. The first-order valence-corrected chi connectivity index (χ1v) is 6.57. The van der Waals surface area contributed by atoms with Gasteiger partial charge in [0.05, 0.1) is 0 Å². The maximum Gasteiger partial charge on any atom is 0.136 e. The van der Waals surface area contributed by atoms with Gasteiger partial charge in [0.1, 0.15) is 11.4 Å². The van der Waals surface area contributed by atoms with Gasteiger partial charge in [0, 0.05) is 10.8 Å². The summed E-state index contributed by atoms with van der Waals surface area (Å²) in [6.45, 7) is 13.1. The van der Waals surface area contributed by atoms with E-state index in [0.29, 0.717) is 0 Å². The Labute approximate surface area is 108 Å². The van der Waals surface area contributed by atoms with E-state index < -0.39 is 0 Å². The van der Waals surface area contributed by atoms with Crippen LogP contribution in [0.1, 0.15) is 44.4 Å². The van der Waals surface area contributed by atoms with Crippen LogP contribution in [0.3, 0.4) is 0 Å². The number of allylic oxidation sites excluding steroid dienone is 1. The SMILES string of the molecule is CC1=c2c(C)c(C)c3c(c2C=C1)OC(C)(C)C=3C. The van der Waals surface area contributed by atoms with E-state index in [2.05, 4.69) is 53.7 Å². The summed E-state index contributed by atoms with van der Waals surface area (Å²) in [5.74, 6) is 1.09. The molecule has 0 spiro atoms. The average molecular weight is 240 g/mol. The molecular formula is C17H20O. The van der Waals surface area contributed by atoms with Crippen molar-refractivity contribution in [3.8, 4) is 5.75 Å². The second kappa shape index (κ2) is 3.28. The first kappa shape index (κ1) is 11.6. The lowest BCUT2D eigenvalue weighted by atomic mass is 9.94. The molecule has 2 aliphatic rings. The van der Waals surface area contributed by atoms with Crippen LogP contribution in [0, 0.1) is 13.8 Å². The van der Waals surface area contributed by atoms with E-state index >= 15 is 0 Å². The van der Waals surface area contributed by atoms with Crippen LogP contribution in [-0.2, 0) is 0 Å². The Hall–Kier alpha value is -1.50. The van der Waals surface area contributed by atoms with Crippen molar-refractivity contribution >= 4 is 17.2 Å². The Morgan fingerprint density at radius 2 is 1.50 bits per heavy atom. The molecule has 0 saturated carbocycles. The molecule has 1 aromatic rings. The lowest BCUT2D eigenvalue weighted by Gasteiger charge is -2.21. The van der Waals surface area contributed by atoms with Gasteiger partial charge in [-0.15, -0.1) is 0 Å². The first-order valence-electron chi connectivity index (χ1n) is 6.57. The van der Waals surface area contributed by atoms with Gasteiger partial charge in [-0.25, -0.2) is 0 Å². The number of rotatable bonds is 0. The van der Waals surface area contributed by atoms with Crippen molar-refractivity contribution in [2.75, 3.05) is 0 Å². The molecule has 1 nitrogen and oxygen atoms in total. The highest BCUT2D eigenvalue weighted by Crippen LogP contribution is 2.33. The van der Waals surface area contributed by atoms with Crippen molar-refractivity contribution in [3.63, 3.8) is 0 Å². The summed E-state index contributed by atoms with van der Waals surface area (Å²) < 4.78 is 6.23. The van der Waals surface area contributed by atoms with Gasteiger partial charge in [-0.3, -0.25) is 0 Å². The van der Waals surface area contributed by atoms with Crippen molar-refractivity contribution in [2.45, 2.75) is 47.1 Å². The Morgan fingerprint density at radius 1 is 0.889 bits per heavy atom. The molecule has 94 valence electrons.